The fourth-order valence-electron chi connectivity index (χ4n) is 3.08. The van der Waals surface area contributed by atoms with E-state index < -0.39 is 23.6 Å². The summed E-state index contributed by atoms with van der Waals surface area (Å²) >= 11 is 0. The van der Waals surface area contributed by atoms with Crippen molar-refractivity contribution in [2.75, 3.05) is 5.32 Å². The minimum atomic E-state index is -0.929. The number of rotatable bonds is 4. The second kappa shape index (κ2) is 6.24. The molecule has 114 valence electrons. The van der Waals surface area contributed by atoms with Crippen LogP contribution in [0.5, 0.6) is 0 Å². The number of carboxylic acids is 1. The van der Waals surface area contributed by atoms with E-state index >= 15 is 0 Å². The first-order chi connectivity index (χ1) is 9.90. The van der Waals surface area contributed by atoms with Crippen LogP contribution in [0.3, 0.4) is 0 Å². The summed E-state index contributed by atoms with van der Waals surface area (Å²) in [6.45, 7) is 3.74. The summed E-state index contributed by atoms with van der Waals surface area (Å²) in [5.74, 6) is -2.61. The second-order valence-electron chi connectivity index (χ2n) is 5.80. The van der Waals surface area contributed by atoms with Crippen LogP contribution in [0.1, 0.15) is 31.7 Å². The molecule has 21 heavy (non-hydrogen) atoms. The van der Waals surface area contributed by atoms with Crippen LogP contribution in [-0.2, 0) is 9.59 Å². The lowest BCUT2D eigenvalue weighted by Gasteiger charge is -2.16. The van der Waals surface area contributed by atoms with E-state index in [0.717, 1.165) is 6.42 Å². The Labute approximate surface area is 123 Å². The van der Waals surface area contributed by atoms with Gasteiger partial charge in [-0.25, -0.2) is 4.39 Å². The number of benzene rings is 1. The van der Waals surface area contributed by atoms with Crippen molar-refractivity contribution in [1.29, 1.82) is 0 Å². The van der Waals surface area contributed by atoms with E-state index in [4.69, 9.17) is 0 Å². The fraction of sp³-hybridized carbons (Fsp3) is 0.500. The van der Waals surface area contributed by atoms with E-state index in [1.54, 1.807) is 13.0 Å². The lowest BCUT2D eigenvalue weighted by Crippen LogP contribution is -2.30. The number of hydrogen-bond donors (Lipinski definition) is 2. The summed E-state index contributed by atoms with van der Waals surface area (Å²) in [4.78, 5) is 23.6. The SMILES string of the molecule is CCC1C[C@H](C(=O)Nc2cc(C)cc(F)c2)[C@H](C(=O)O)C1. The number of halogens is 1. The van der Waals surface area contributed by atoms with E-state index in [2.05, 4.69) is 5.32 Å². The summed E-state index contributed by atoms with van der Waals surface area (Å²) in [5, 5.41) is 11.9. The number of nitrogens with one attached hydrogen (secondary N) is 1. The van der Waals surface area contributed by atoms with Crippen LogP contribution in [0.25, 0.3) is 0 Å². The highest BCUT2D eigenvalue weighted by Gasteiger charge is 2.42. The molecule has 1 unspecified atom stereocenters. The normalized spacial score (nSPS) is 24.8. The van der Waals surface area contributed by atoms with Gasteiger partial charge in [0.05, 0.1) is 11.8 Å². The Bertz CT molecular complexity index is 538. The molecule has 1 saturated carbocycles. The Kier molecular flexibility index (Phi) is 4.60. The van der Waals surface area contributed by atoms with E-state index in [1.807, 2.05) is 6.92 Å². The first-order valence-electron chi connectivity index (χ1n) is 7.21. The zero-order valence-corrected chi connectivity index (χ0v) is 12.2. The van der Waals surface area contributed by atoms with Gasteiger partial charge in [-0.3, -0.25) is 9.59 Å². The lowest BCUT2D eigenvalue weighted by molar-refractivity contribution is -0.145. The molecule has 1 aromatic rings. The molecule has 0 heterocycles. The highest BCUT2D eigenvalue weighted by Crippen LogP contribution is 2.39. The van der Waals surface area contributed by atoms with Crippen LogP contribution in [-0.4, -0.2) is 17.0 Å². The molecule has 0 aliphatic heterocycles. The number of aryl methyl sites for hydroxylation is 1. The van der Waals surface area contributed by atoms with Crippen molar-refractivity contribution >= 4 is 17.6 Å². The first-order valence-corrected chi connectivity index (χ1v) is 7.21. The van der Waals surface area contributed by atoms with E-state index in [1.165, 1.54) is 12.1 Å². The van der Waals surface area contributed by atoms with Gasteiger partial charge in [-0.1, -0.05) is 13.3 Å². The van der Waals surface area contributed by atoms with Crippen molar-refractivity contribution < 1.29 is 19.1 Å². The maximum atomic E-state index is 13.3. The summed E-state index contributed by atoms with van der Waals surface area (Å²) in [6.07, 6.45) is 1.98. The molecular weight excluding hydrogens is 273 g/mol. The second-order valence-corrected chi connectivity index (χ2v) is 5.80. The fourth-order valence-corrected chi connectivity index (χ4v) is 3.08. The van der Waals surface area contributed by atoms with Crippen molar-refractivity contribution in [3.63, 3.8) is 0 Å². The van der Waals surface area contributed by atoms with Crippen LogP contribution < -0.4 is 5.32 Å². The number of carbonyl (C=O) groups excluding carboxylic acids is 1. The number of hydrogen-bond acceptors (Lipinski definition) is 2. The predicted octanol–water partition coefficient (Wildman–Crippen LogP) is 3.21. The molecule has 0 radical (unpaired) electrons. The highest BCUT2D eigenvalue weighted by atomic mass is 19.1. The third kappa shape index (κ3) is 3.60. The van der Waals surface area contributed by atoms with Crippen molar-refractivity contribution in [2.24, 2.45) is 17.8 Å². The van der Waals surface area contributed by atoms with Crippen molar-refractivity contribution in [3.05, 3.63) is 29.6 Å². The van der Waals surface area contributed by atoms with Gasteiger partial charge in [-0.05, 0) is 49.4 Å². The summed E-state index contributed by atoms with van der Waals surface area (Å²) in [5.41, 5.74) is 1.08. The first kappa shape index (κ1) is 15.5. The van der Waals surface area contributed by atoms with Crippen molar-refractivity contribution in [3.8, 4) is 0 Å². The number of amides is 1. The van der Waals surface area contributed by atoms with Crippen LogP contribution in [0, 0.1) is 30.5 Å². The molecule has 0 saturated heterocycles. The summed E-state index contributed by atoms with van der Waals surface area (Å²) in [6, 6.07) is 4.29. The molecule has 1 fully saturated rings. The van der Waals surface area contributed by atoms with Gasteiger partial charge in [0, 0.05) is 5.69 Å². The number of aliphatic carboxylic acids is 1. The van der Waals surface area contributed by atoms with Gasteiger partial charge in [-0.2, -0.15) is 0 Å². The quantitative estimate of drug-likeness (QED) is 0.895. The third-order valence-electron chi connectivity index (χ3n) is 4.20. The predicted molar refractivity (Wildman–Crippen MR) is 77.4 cm³/mol. The average molecular weight is 293 g/mol. The van der Waals surface area contributed by atoms with Crippen molar-refractivity contribution in [2.45, 2.75) is 33.1 Å². The van der Waals surface area contributed by atoms with Crippen LogP contribution >= 0.6 is 0 Å². The Morgan fingerprint density at radius 3 is 2.52 bits per heavy atom. The maximum absolute atomic E-state index is 13.3. The summed E-state index contributed by atoms with van der Waals surface area (Å²) in [7, 11) is 0. The minimum Gasteiger partial charge on any atom is -0.481 e. The van der Waals surface area contributed by atoms with E-state index in [9.17, 15) is 19.1 Å². The van der Waals surface area contributed by atoms with Gasteiger partial charge in [-0.15, -0.1) is 0 Å². The smallest absolute Gasteiger partial charge is 0.307 e. The van der Waals surface area contributed by atoms with Gasteiger partial charge >= 0.3 is 5.97 Å². The van der Waals surface area contributed by atoms with Gasteiger partial charge in [0.1, 0.15) is 5.82 Å². The van der Waals surface area contributed by atoms with Crippen molar-refractivity contribution in [1.82, 2.24) is 0 Å². The Hall–Kier alpha value is -1.91. The molecule has 1 amide bonds. The Balaban J connectivity index is 2.13. The van der Waals surface area contributed by atoms with Gasteiger partial charge < -0.3 is 10.4 Å². The van der Waals surface area contributed by atoms with E-state index in [0.29, 0.717) is 24.1 Å². The highest BCUT2D eigenvalue weighted by molar-refractivity contribution is 5.95. The average Bonchev–Trinajstić information content (AvgIpc) is 2.81. The third-order valence-corrected chi connectivity index (χ3v) is 4.20. The topological polar surface area (TPSA) is 66.4 Å². The molecule has 2 N–H and O–H groups in total. The molecule has 1 aromatic carbocycles. The minimum absolute atomic E-state index is 0.260. The molecule has 1 aliphatic rings. The number of carbonyl (C=O) groups is 2. The molecule has 2 rings (SSSR count). The zero-order valence-electron chi connectivity index (χ0n) is 12.2. The van der Waals surface area contributed by atoms with Crippen LogP contribution in [0.4, 0.5) is 10.1 Å². The van der Waals surface area contributed by atoms with Crippen LogP contribution in [0.15, 0.2) is 18.2 Å². The summed E-state index contributed by atoms with van der Waals surface area (Å²) < 4.78 is 13.3. The lowest BCUT2D eigenvalue weighted by atomic mass is 9.95. The largest absolute Gasteiger partial charge is 0.481 e. The Morgan fingerprint density at radius 1 is 1.29 bits per heavy atom. The van der Waals surface area contributed by atoms with Gasteiger partial charge in [0.25, 0.3) is 0 Å². The van der Waals surface area contributed by atoms with E-state index in [-0.39, 0.29) is 11.8 Å². The van der Waals surface area contributed by atoms with Gasteiger partial charge in [0.2, 0.25) is 5.91 Å². The monoisotopic (exact) mass is 293 g/mol. The molecule has 5 heteroatoms. The standard InChI is InChI=1S/C16H20FNO3/c1-3-10-6-13(14(7-10)16(20)21)15(19)18-12-5-9(2)4-11(17)8-12/h4-5,8,10,13-14H,3,6-7H2,1-2H3,(H,18,19)(H,20,21)/t10?,13-,14+/m0/s1. The number of anilines is 1. The van der Waals surface area contributed by atoms with Crippen LogP contribution in [0.2, 0.25) is 0 Å². The number of carboxylic acid groups (broad SMARTS) is 1. The molecule has 0 spiro atoms. The molecule has 3 atom stereocenters. The molecular formula is C16H20FNO3. The maximum Gasteiger partial charge on any atom is 0.307 e. The molecule has 0 bridgehead atoms. The zero-order chi connectivity index (χ0) is 15.6. The Morgan fingerprint density at radius 2 is 1.95 bits per heavy atom. The van der Waals surface area contributed by atoms with Gasteiger partial charge in [0.15, 0.2) is 0 Å². The molecule has 0 aromatic heterocycles. The molecule has 1 aliphatic carbocycles. The molecule has 4 nitrogen and oxygen atoms in total.